The molecule has 0 N–H and O–H groups in total. The van der Waals surface area contributed by atoms with Crippen LogP contribution in [0.15, 0.2) is 52.4 Å². The molecule has 0 aliphatic heterocycles. The van der Waals surface area contributed by atoms with Gasteiger partial charge in [0.15, 0.2) is 4.80 Å². The second-order valence-electron chi connectivity index (χ2n) is 6.25. The molecule has 0 aliphatic carbocycles. The lowest BCUT2D eigenvalue weighted by atomic mass is 10.2. The van der Waals surface area contributed by atoms with E-state index in [-0.39, 0.29) is 16.3 Å². The molecule has 29 heavy (non-hydrogen) atoms. The Morgan fingerprint density at radius 2 is 1.76 bits per heavy atom. The molecule has 0 saturated carbocycles. The maximum atomic E-state index is 14.2. The number of sulfonamides is 1. The summed E-state index contributed by atoms with van der Waals surface area (Å²) in [5, 5.41) is 0. The maximum absolute atomic E-state index is 14.2. The van der Waals surface area contributed by atoms with Crippen LogP contribution >= 0.6 is 11.3 Å². The van der Waals surface area contributed by atoms with Crippen molar-refractivity contribution in [3.05, 3.63) is 58.6 Å². The largest absolute Gasteiger partial charge is 0.314 e. The van der Waals surface area contributed by atoms with Crippen molar-refractivity contribution < 1.29 is 17.6 Å². The zero-order valence-corrected chi connectivity index (χ0v) is 18.1. The summed E-state index contributed by atoms with van der Waals surface area (Å²) in [7, 11) is -3.59. The van der Waals surface area contributed by atoms with Gasteiger partial charge in [-0.25, -0.2) is 12.8 Å². The lowest BCUT2D eigenvalue weighted by Gasteiger charge is -2.18. The Labute approximate surface area is 173 Å². The number of aryl methyl sites for hydroxylation is 1. The second-order valence-corrected chi connectivity index (χ2v) is 9.19. The molecular weight excluding hydrogens is 413 g/mol. The number of fused-ring (bicyclic) bond motifs is 1. The van der Waals surface area contributed by atoms with Crippen LogP contribution < -0.4 is 4.80 Å². The van der Waals surface area contributed by atoms with Crippen LogP contribution in [0, 0.1) is 5.82 Å². The molecule has 6 nitrogen and oxygen atoms in total. The molecule has 0 spiro atoms. The van der Waals surface area contributed by atoms with Gasteiger partial charge in [-0.1, -0.05) is 31.3 Å². The minimum atomic E-state index is -3.59. The lowest BCUT2D eigenvalue weighted by Crippen LogP contribution is -2.30. The molecule has 0 atom stereocenters. The van der Waals surface area contributed by atoms with Gasteiger partial charge in [0.2, 0.25) is 10.0 Å². The number of aromatic nitrogens is 1. The van der Waals surface area contributed by atoms with Crippen molar-refractivity contribution in [2.24, 2.45) is 4.99 Å². The molecule has 1 heterocycles. The Hall–Kier alpha value is -2.36. The Morgan fingerprint density at radius 1 is 1.10 bits per heavy atom. The number of rotatable bonds is 6. The van der Waals surface area contributed by atoms with Gasteiger partial charge in [-0.2, -0.15) is 9.30 Å². The van der Waals surface area contributed by atoms with Crippen LogP contribution in [0.5, 0.6) is 0 Å². The molecule has 1 aromatic heterocycles. The molecular formula is C20H22FN3O3S2. The molecule has 9 heteroatoms. The highest BCUT2D eigenvalue weighted by atomic mass is 32.2. The number of thiazole rings is 1. The predicted molar refractivity (Wildman–Crippen MR) is 112 cm³/mol. The summed E-state index contributed by atoms with van der Waals surface area (Å²) in [6, 6.07) is 10.5. The zero-order chi connectivity index (χ0) is 21.2. The fourth-order valence-electron chi connectivity index (χ4n) is 3.10. The third kappa shape index (κ3) is 4.03. The third-order valence-electron chi connectivity index (χ3n) is 4.61. The molecule has 0 fully saturated rings. The van der Waals surface area contributed by atoms with E-state index < -0.39 is 15.9 Å². The summed E-state index contributed by atoms with van der Waals surface area (Å²) in [6.07, 6.45) is 0. The highest BCUT2D eigenvalue weighted by molar-refractivity contribution is 7.89. The second kappa shape index (κ2) is 8.56. The first kappa shape index (κ1) is 21.4. The highest BCUT2D eigenvalue weighted by Gasteiger charge is 2.21. The first-order valence-corrected chi connectivity index (χ1v) is 11.6. The average Bonchev–Trinajstić information content (AvgIpc) is 3.07. The first-order valence-electron chi connectivity index (χ1n) is 9.30. The van der Waals surface area contributed by atoms with Gasteiger partial charge in [-0.3, -0.25) is 4.79 Å². The van der Waals surface area contributed by atoms with E-state index in [1.54, 1.807) is 30.5 Å². The number of carbonyl (C=O) groups excluding carboxylic acids is 1. The average molecular weight is 436 g/mol. The molecule has 154 valence electrons. The van der Waals surface area contributed by atoms with Crippen molar-refractivity contribution >= 4 is 37.5 Å². The van der Waals surface area contributed by atoms with E-state index in [4.69, 9.17) is 0 Å². The van der Waals surface area contributed by atoms with Gasteiger partial charge in [-0.15, -0.1) is 0 Å². The highest BCUT2D eigenvalue weighted by Crippen LogP contribution is 2.21. The minimum Gasteiger partial charge on any atom is -0.314 e. The van der Waals surface area contributed by atoms with Crippen molar-refractivity contribution in [1.29, 1.82) is 0 Å². The van der Waals surface area contributed by atoms with Gasteiger partial charge in [0, 0.05) is 25.2 Å². The Balaban J connectivity index is 1.98. The van der Waals surface area contributed by atoms with Crippen molar-refractivity contribution in [2.75, 3.05) is 13.1 Å². The van der Waals surface area contributed by atoms with Crippen molar-refractivity contribution in [1.82, 2.24) is 8.87 Å². The number of para-hydroxylation sites is 1. The normalized spacial score (nSPS) is 12.8. The van der Waals surface area contributed by atoms with Gasteiger partial charge in [-0.05, 0) is 43.3 Å². The summed E-state index contributed by atoms with van der Waals surface area (Å²) in [6.45, 7) is 6.61. The van der Waals surface area contributed by atoms with Crippen LogP contribution in [0.4, 0.5) is 4.39 Å². The van der Waals surface area contributed by atoms with Crippen molar-refractivity contribution in [2.45, 2.75) is 32.2 Å². The summed E-state index contributed by atoms with van der Waals surface area (Å²) in [5.41, 5.74) is 0.691. The smallest absolute Gasteiger partial charge is 0.279 e. The van der Waals surface area contributed by atoms with Crippen LogP contribution in [-0.4, -0.2) is 36.3 Å². The summed E-state index contributed by atoms with van der Waals surface area (Å²) in [4.78, 5) is 17.3. The van der Waals surface area contributed by atoms with Gasteiger partial charge < -0.3 is 4.57 Å². The minimum absolute atomic E-state index is 0.130. The molecule has 3 rings (SSSR count). The zero-order valence-electron chi connectivity index (χ0n) is 16.4. The maximum Gasteiger partial charge on any atom is 0.279 e. The van der Waals surface area contributed by atoms with E-state index in [0.29, 0.717) is 34.7 Å². The standard InChI is InChI=1S/C20H22FN3O3S2/c1-4-23(5-2)29(26,27)15-12-10-14(11-13-15)19(25)22-20-24(6-3)18-16(21)8-7-9-17(18)28-20/h7-13H,4-6H2,1-3H3. The summed E-state index contributed by atoms with van der Waals surface area (Å²) >= 11 is 1.24. The Kier molecular flexibility index (Phi) is 6.30. The monoisotopic (exact) mass is 435 g/mol. The topological polar surface area (TPSA) is 71.7 Å². The van der Waals surface area contributed by atoms with E-state index in [1.807, 2.05) is 6.92 Å². The van der Waals surface area contributed by atoms with Gasteiger partial charge in [0.25, 0.3) is 5.91 Å². The van der Waals surface area contributed by atoms with Crippen LogP contribution in [-0.2, 0) is 16.6 Å². The van der Waals surface area contributed by atoms with Crippen LogP contribution in [0.1, 0.15) is 31.1 Å². The number of halogens is 1. The fourth-order valence-corrected chi connectivity index (χ4v) is 5.66. The number of nitrogens with zero attached hydrogens (tertiary/aromatic N) is 3. The van der Waals surface area contributed by atoms with E-state index >= 15 is 0 Å². The Morgan fingerprint density at radius 3 is 2.34 bits per heavy atom. The lowest BCUT2D eigenvalue weighted by molar-refractivity contribution is 0.0997. The molecule has 3 aromatic rings. The molecule has 0 saturated heterocycles. The van der Waals surface area contributed by atoms with E-state index in [0.717, 1.165) is 0 Å². The fraction of sp³-hybridized carbons (Fsp3) is 0.300. The summed E-state index contributed by atoms with van der Waals surface area (Å²) in [5.74, 6) is -0.869. The molecule has 0 unspecified atom stereocenters. The van der Waals surface area contributed by atoms with Crippen molar-refractivity contribution in [3.8, 4) is 0 Å². The molecule has 0 bridgehead atoms. The molecule has 0 radical (unpaired) electrons. The number of hydrogen-bond donors (Lipinski definition) is 0. The number of carbonyl (C=O) groups is 1. The third-order valence-corrected chi connectivity index (χ3v) is 7.72. The molecule has 1 amide bonds. The Bertz CT molecular complexity index is 1210. The number of benzene rings is 2. The van der Waals surface area contributed by atoms with Gasteiger partial charge in [0.05, 0.1) is 15.1 Å². The number of hydrogen-bond acceptors (Lipinski definition) is 4. The molecule has 0 aliphatic rings. The van der Waals surface area contributed by atoms with Crippen LogP contribution in [0.2, 0.25) is 0 Å². The van der Waals surface area contributed by atoms with Gasteiger partial charge in [0.1, 0.15) is 5.82 Å². The van der Waals surface area contributed by atoms with E-state index in [9.17, 15) is 17.6 Å². The van der Waals surface area contributed by atoms with E-state index in [2.05, 4.69) is 4.99 Å². The summed E-state index contributed by atoms with van der Waals surface area (Å²) < 4.78 is 43.0. The van der Waals surface area contributed by atoms with E-state index in [1.165, 1.54) is 46.0 Å². The molecule has 2 aromatic carbocycles. The SMILES string of the molecule is CCN(CC)S(=O)(=O)c1ccc(C(=O)N=c2sc3cccc(F)c3n2CC)cc1. The van der Waals surface area contributed by atoms with Crippen molar-refractivity contribution in [3.63, 3.8) is 0 Å². The first-order chi connectivity index (χ1) is 13.8. The van der Waals surface area contributed by atoms with Crippen LogP contribution in [0.3, 0.4) is 0 Å². The quantitative estimate of drug-likeness (QED) is 0.594. The van der Waals surface area contributed by atoms with Gasteiger partial charge >= 0.3 is 0 Å². The number of amides is 1. The predicted octanol–water partition coefficient (Wildman–Crippen LogP) is 3.63. The van der Waals surface area contributed by atoms with Crippen LogP contribution in [0.25, 0.3) is 10.2 Å².